The van der Waals surface area contributed by atoms with Crippen LogP contribution in [0.15, 0.2) is 12.1 Å². The number of hydrogen-bond acceptors (Lipinski definition) is 3. The normalized spacial score (nSPS) is 11.8. The Kier molecular flexibility index (Phi) is 5.73. The topological polar surface area (TPSA) is 52.5 Å². The van der Waals surface area contributed by atoms with Crippen LogP contribution in [0.1, 0.15) is 32.3 Å². The van der Waals surface area contributed by atoms with E-state index in [1.807, 2.05) is 13.8 Å². The number of aliphatic hydroxyl groups is 1. The van der Waals surface area contributed by atoms with Crippen molar-refractivity contribution in [1.82, 2.24) is 5.32 Å². The fourth-order valence-electron chi connectivity index (χ4n) is 1.68. The molecule has 0 saturated heterocycles. The van der Waals surface area contributed by atoms with Gasteiger partial charge in [-0.3, -0.25) is 0 Å². The summed E-state index contributed by atoms with van der Waals surface area (Å²) in [6.07, 6.45) is 1.36. The second-order valence-corrected chi connectivity index (χ2v) is 5.27. The van der Waals surface area contributed by atoms with Crippen molar-refractivity contribution in [2.24, 2.45) is 0 Å². The number of benzene rings is 1. The highest BCUT2D eigenvalue weighted by Crippen LogP contribution is 2.31. The van der Waals surface area contributed by atoms with Crippen molar-refractivity contribution in [1.29, 1.82) is 0 Å². The van der Waals surface area contributed by atoms with Crippen molar-refractivity contribution in [2.75, 3.05) is 6.54 Å². The number of rotatable bonds is 6. The molecule has 18 heavy (non-hydrogen) atoms. The molecule has 3 nitrogen and oxygen atoms in total. The van der Waals surface area contributed by atoms with Crippen molar-refractivity contribution >= 4 is 23.2 Å². The summed E-state index contributed by atoms with van der Waals surface area (Å²) in [5.74, 6) is 0.0325. The lowest BCUT2D eigenvalue weighted by molar-refractivity contribution is 0.0322. The van der Waals surface area contributed by atoms with E-state index in [0.29, 0.717) is 36.5 Å². The minimum absolute atomic E-state index is 0.0325. The molecule has 0 radical (unpaired) electrons. The number of nitrogens with one attached hydrogen (secondary N) is 1. The van der Waals surface area contributed by atoms with Gasteiger partial charge in [-0.05, 0) is 25.0 Å². The van der Waals surface area contributed by atoms with Crippen molar-refractivity contribution in [2.45, 2.75) is 38.8 Å². The number of aromatic hydroxyl groups is 1. The first kappa shape index (κ1) is 15.6. The molecule has 0 heterocycles. The lowest BCUT2D eigenvalue weighted by Gasteiger charge is -2.25. The van der Waals surface area contributed by atoms with Crippen LogP contribution in [-0.2, 0) is 6.54 Å². The van der Waals surface area contributed by atoms with Crippen molar-refractivity contribution < 1.29 is 10.2 Å². The summed E-state index contributed by atoms with van der Waals surface area (Å²) in [5.41, 5.74) is -0.0834. The summed E-state index contributed by atoms with van der Waals surface area (Å²) in [5, 5.41) is 23.7. The first-order valence-corrected chi connectivity index (χ1v) is 6.77. The molecule has 102 valence electrons. The molecule has 0 amide bonds. The maximum atomic E-state index is 10.1. The molecule has 1 aromatic carbocycles. The van der Waals surface area contributed by atoms with Crippen LogP contribution in [-0.4, -0.2) is 22.4 Å². The number of phenols is 1. The Hall–Kier alpha value is -0.480. The molecule has 0 saturated carbocycles. The third kappa shape index (κ3) is 4.02. The van der Waals surface area contributed by atoms with Crippen molar-refractivity contribution in [3.63, 3.8) is 0 Å². The smallest absolute Gasteiger partial charge is 0.138 e. The summed E-state index contributed by atoms with van der Waals surface area (Å²) in [7, 11) is 0. The van der Waals surface area contributed by atoms with Gasteiger partial charge in [0.15, 0.2) is 0 Å². The molecule has 0 unspecified atom stereocenters. The standard InChI is InChI=1S/C13H19Cl2NO2/c1-3-13(18,4-2)8-16-7-9-5-10(14)6-11(15)12(9)17/h5-6,16-18H,3-4,7-8H2,1-2H3. The minimum atomic E-state index is -0.710. The van der Waals surface area contributed by atoms with Crippen LogP contribution < -0.4 is 5.32 Å². The van der Waals surface area contributed by atoms with Crippen LogP contribution in [0.4, 0.5) is 0 Å². The van der Waals surface area contributed by atoms with Gasteiger partial charge in [-0.25, -0.2) is 0 Å². The van der Waals surface area contributed by atoms with Crippen LogP contribution in [0.2, 0.25) is 10.0 Å². The van der Waals surface area contributed by atoms with Crippen molar-refractivity contribution in [3.8, 4) is 5.75 Å². The SMILES string of the molecule is CCC(O)(CC)CNCc1cc(Cl)cc(Cl)c1O. The molecule has 0 fully saturated rings. The molecule has 0 aliphatic carbocycles. The zero-order valence-corrected chi connectivity index (χ0v) is 12.1. The quantitative estimate of drug-likeness (QED) is 0.753. The van der Waals surface area contributed by atoms with Crippen LogP contribution in [0.5, 0.6) is 5.75 Å². The van der Waals surface area contributed by atoms with Gasteiger partial charge in [0, 0.05) is 23.7 Å². The summed E-state index contributed by atoms with van der Waals surface area (Å²) >= 11 is 11.7. The number of hydrogen-bond donors (Lipinski definition) is 3. The first-order valence-electron chi connectivity index (χ1n) is 6.02. The highest BCUT2D eigenvalue weighted by atomic mass is 35.5. The van der Waals surface area contributed by atoms with Gasteiger partial charge in [-0.1, -0.05) is 37.0 Å². The maximum absolute atomic E-state index is 10.1. The minimum Gasteiger partial charge on any atom is -0.506 e. The summed E-state index contributed by atoms with van der Waals surface area (Å²) < 4.78 is 0. The van der Waals surface area contributed by atoms with Gasteiger partial charge in [0.05, 0.1) is 10.6 Å². The third-order valence-corrected chi connectivity index (χ3v) is 3.70. The summed E-state index contributed by atoms with van der Waals surface area (Å²) in [4.78, 5) is 0. The summed E-state index contributed by atoms with van der Waals surface area (Å²) in [6, 6.07) is 3.16. The number of halogens is 2. The monoisotopic (exact) mass is 291 g/mol. The lowest BCUT2D eigenvalue weighted by Crippen LogP contribution is -2.39. The second-order valence-electron chi connectivity index (χ2n) is 4.43. The first-order chi connectivity index (χ1) is 8.41. The van der Waals surface area contributed by atoms with Gasteiger partial charge in [0.25, 0.3) is 0 Å². The largest absolute Gasteiger partial charge is 0.506 e. The molecule has 1 rings (SSSR count). The Labute approximate surface area is 118 Å². The zero-order chi connectivity index (χ0) is 13.8. The average Bonchev–Trinajstić information content (AvgIpc) is 2.34. The maximum Gasteiger partial charge on any atom is 0.138 e. The summed E-state index contributed by atoms with van der Waals surface area (Å²) in [6.45, 7) is 4.76. The van der Waals surface area contributed by atoms with E-state index in [1.165, 1.54) is 6.07 Å². The highest BCUT2D eigenvalue weighted by Gasteiger charge is 2.21. The fraction of sp³-hybridized carbons (Fsp3) is 0.538. The molecule has 5 heteroatoms. The molecular formula is C13H19Cl2NO2. The lowest BCUT2D eigenvalue weighted by atomic mass is 9.97. The van der Waals surface area contributed by atoms with Crippen molar-refractivity contribution in [3.05, 3.63) is 27.7 Å². The Morgan fingerprint density at radius 1 is 1.22 bits per heavy atom. The average molecular weight is 292 g/mol. The van der Waals surface area contributed by atoms with E-state index in [-0.39, 0.29) is 10.8 Å². The van der Waals surface area contributed by atoms with E-state index < -0.39 is 5.60 Å². The van der Waals surface area contributed by atoms with E-state index in [4.69, 9.17) is 23.2 Å². The molecule has 0 aliphatic rings. The molecule has 0 atom stereocenters. The fourth-order valence-corrected chi connectivity index (χ4v) is 2.22. The van der Waals surface area contributed by atoms with Gasteiger partial charge >= 0.3 is 0 Å². The molecule has 0 aromatic heterocycles. The van der Waals surface area contributed by atoms with E-state index in [9.17, 15) is 10.2 Å². The molecule has 3 N–H and O–H groups in total. The molecule has 0 aliphatic heterocycles. The van der Waals surface area contributed by atoms with Gasteiger partial charge in [0.1, 0.15) is 5.75 Å². The third-order valence-electron chi connectivity index (χ3n) is 3.19. The van der Waals surface area contributed by atoms with E-state index in [2.05, 4.69) is 5.32 Å². The Morgan fingerprint density at radius 2 is 1.83 bits per heavy atom. The second kappa shape index (κ2) is 6.62. The number of phenolic OH excluding ortho intramolecular Hbond substituents is 1. The zero-order valence-electron chi connectivity index (χ0n) is 10.6. The Balaban J connectivity index is 2.64. The van der Waals surface area contributed by atoms with Gasteiger partial charge < -0.3 is 15.5 Å². The van der Waals surface area contributed by atoms with Gasteiger partial charge in [-0.2, -0.15) is 0 Å². The molecule has 0 bridgehead atoms. The van der Waals surface area contributed by atoms with Gasteiger partial charge in [-0.15, -0.1) is 0 Å². The molecule has 1 aromatic rings. The predicted octanol–water partition coefficient (Wildman–Crippen LogP) is 3.34. The van der Waals surface area contributed by atoms with Crippen LogP contribution >= 0.6 is 23.2 Å². The van der Waals surface area contributed by atoms with Crippen LogP contribution in [0.3, 0.4) is 0 Å². The highest BCUT2D eigenvalue weighted by molar-refractivity contribution is 6.35. The van der Waals surface area contributed by atoms with E-state index >= 15 is 0 Å². The molecule has 0 spiro atoms. The van der Waals surface area contributed by atoms with E-state index in [1.54, 1.807) is 6.07 Å². The van der Waals surface area contributed by atoms with E-state index in [0.717, 1.165) is 0 Å². The Bertz CT molecular complexity index is 406. The predicted molar refractivity (Wildman–Crippen MR) is 75.4 cm³/mol. The van der Waals surface area contributed by atoms with Crippen LogP contribution in [0, 0.1) is 0 Å². The Morgan fingerprint density at radius 3 is 2.39 bits per heavy atom. The van der Waals surface area contributed by atoms with Crippen LogP contribution in [0.25, 0.3) is 0 Å². The van der Waals surface area contributed by atoms with Gasteiger partial charge in [0.2, 0.25) is 0 Å². The molecular weight excluding hydrogens is 273 g/mol.